The quantitative estimate of drug-likeness (QED) is 0.835. The van der Waals surface area contributed by atoms with Crippen LogP contribution in [-0.2, 0) is 9.53 Å². The summed E-state index contributed by atoms with van der Waals surface area (Å²) in [7, 11) is 0. The number of amides is 1. The summed E-state index contributed by atoms with van der Waals surface area (Å²) in [5.41, 5.74) is -1.36. The van der Waals surface area contributed by atoms with Crippen molar-refractivity contribution in [3.63, 3.8) is 0 Å². The number of hydrogen-bond acceptors (Lipinski definition) is 3. The van der Waals surface area contributed by atoms with E-state index in [-0.39, 0.29) is 6.54 Å². The Morgan fingerprint density at radius 1 is 1.25 bits per heavy atom. The summed E-state index contributed by atoms with van der Waals surface area (Å²) in [6.07, 6.45) is 4.31. The summed E-state index contributed by atoms with van der Waals surface area (Å²) in [6, 6.07) is 0. The second kappa shape index (κ2) is 5.26. The molecule has 0 saturated heterocycles. The molecule has 0 radical (unpaired) electrons. The molecule has 0 aromatic rings. The van der Waals surface area contributed by atoms with E-state index in [1.807, 2.05) is 0 Å². The molecule has 2 N–H and O–H groups in total. The van der Waals surface area contributed by atoms with Crippen LogP contribution in [0.4, 0.5) is 4.79 Å². The van der Waals surface area contributed by atoms with Gasteiger partial charge >= 0.3 is 12.1 Å². The third kappa shape index (κ3) is 3.25. The molecule has 0 heterocycles. The molecule has 20 heavy (non-hydrogen) atoms. The van der Waals surface area contributed by atoms with Crippen molar-refractivity contribution in [3.8, 4) is 0 Å². The van der Waals surface area contributed by atoms with Gasteiger partial charge in [0, 0.05) is 6.54 Å². The molecule has 2 rings (SSSR count). The van der Waals surface area contributed by atoms with Crippen LogP contribution in [0, 0.1) is 17.3 Å². The van der Waals surface area contributed by atoms with Gasteiger partial charge < -0.3 is 15.2 Å². The number of carbonyl (C=O) groups excluding carboxylic acids is 1. The largest absolute Gasteiger partial charge is 0.481 e. The molecule has 0 bridgehead atoms. The minimum Gasteiger partial charge on any atom is -0.481 e. The maximum absolute atomic E-state index is 11.7. The topological polar surface area (TPSA) is 75.6 Å². The van der Waals surface area contributed by atoms with Crippen LogP contribution in [0.25, 0.3) is 0 Å². The first kappa shape index (κ1) is 15.1. The maximum Gasteiger partial charge on any atom is 0.407 e. The SMILES string of the molecule is CC(C)(C)OC(=O)NCC1(C(=O)O)CC2CCCC2C1. The maximum atomic E-state index is 11.7. The lowest BCUT2D eigenvalue weighted by atomic mass is 9.83. The zero-order chi connectivity index (χ0) is 15.0. The van der Waals surface area contributed by atoms with Crippen molar-refractivity contribution in [2.75, 3.05) is 6.54 Å². The summed E-state index contributed by atoms with van der Waals surface area (Å²) in [6.45, 7) is 5.54. The first-order chi connectivity index (χ1) is 9.22. The number of aliphatic carboxylic acids is 1. The number of fused-ring (bicyclic) bond motifs is 1. The monoisotopic (exact) mass is 283 g/mol. The van der Waals surface area contributed by atoms with Crippen LogP contribution in [0.1, 0.15) is 52.9 Å². The van der Waals surface area contributed by atoms with E-state index >= 15 is 0 Å². The van der Waals surface area contributed by atoms with Crippen molar-refractivity contribution in [2.45, 2.75) is 58.5 Å². The van der Waals surface area contributed by atoms with Crippen LogP contribution in [0.3, 0.4) is 0 Å². The van der Waals surface area contributed by atoms with Gasteiger partial charge in [0.25, 0.3) is 0 Å². The average molecular weight is 283 g/mol. The molecule has 5 heteroatoms. The fourth-order valence-electron chi connectivity index (χ4n) is 3.69. The minimum absolute atomic E-state index is 0.171. The van der Waals surface area contributed by atoms with Gasteiger partial charge in [0.2, 0.25) is 0 Å². The molecular formula is C15H25NO4. The highest BCUT2D eigenvalue weighted by Crippen LogP contribution is 2.52. The van der Waals surface area contributed by atoms with E-state index in [0.29, 0.717) is 24.7 Å². The van der Waals surface area contributed by atoms with Gasteiger partial charge in [-0.05, 0) is 45.4 Å². The van der Waals surface area contributed by atoms with Crippen LogP contribution >= 0.6 is 0 Å². The smallest absolute Gasteiger partial charge is 0.407 e. The van der Waals surface area contributed by atoms with Gasteiger partial charge in [0.15, 0.2) is 0 Å². The highest BCUT2D eigenvalue weighted by molar-refractivity contribution is 5.77. The number of alkyl carbamates (subject to hydrolysis) is 1. The number of hydrogen-bond donors (Lipinski definition) is 2. The Kier molecular flexibility index (Phi) is 3.98. The van der Waals surface area contributed by atoms with Gasteiger partial charge in [-0.2, -0.15) is 0 Å². The summed E-state index contributed by atoms with van der Waals surface area (Å²) in [4.78, 5) is 23.4. The molecule has 5 nitrogen and oxygen atoms in total. The van der Waals surface area contributed by atoms with Crippen molar-refractivity contribution < 1.29 is 19.4 Å². The molecule has 0 spiro atoms. The van der Waals surface area contributed by atoms with E-state index in [1.54, 1.807) is 20.8 Å². The average Bonchev–Trinajstić information content (AvgIpc) is 2.82. The summed E-state index contributed by atoms with van der Waals surface area (Å²) in [5, 5.41) is 12.2. The van der Waals surface area contributed by atoms with Gasteiger partial charge in [-0.3, -0.25) is 4.79 Å². The van der Waals surface area contributed by atoms with E-state index in [2.05, 4.69) is 5.32 Å². The van der Waals surface area contributed by atoms with Crippen LogP contribution in [-0.4, -0.2) is 29.3 Å². The fourth-order valence-corrected chi connectivity index (χ4v) is 3.69. The normalized spacial score (nSPS) is 32.8. The van der Waals surface area contributed by atoms with E-state index in [4.69, 9.17) is 4.74 Å². The van der Waals surface area contributed by atoms with Crippen molar-refractivity contribution >= 4 is 12.1 Å². The summed E-state index contributed by atoms with van der Waals surface area (Å²) >= 11 is 0. The molecule has 2 aliphatic rings. The third-order valence-electron chi connectivity index (χ3n) is 4.55. The Hall–Kier alpha value is -1.26. The number of ether oxygens (including phenoxy) is 1. The Balaban J connectivity index is 1.94. The third-order valence-corrected chi connectivity index (χ3v) is 4.55. The fraction of sp³-hybridized carbons (Fsp3) is 0.867. The van der Waals surface area contributed by atoms with E-state index in [0.717, 1.165) is 12.8 Å². The Bertz CT molecular complexity index is 387. The van der Waals surface area contributed by atoms with Crippen molar-refractivity contribution in [1.29, 1.82) is 0 Å². The zero-order valence-corrected chi connectivity index (χ0v) is 12.6. The van der Waals surface area contributed by atoms with Gasteiger partial charge in [-0.15, -0.1) is 0 Å². The Morgan fingerprint density at radius 2 is 1.80 bits per heavy atom. The highest BCUT2D eigenvalue weighted by Gasteiger charge is 2.51. The lowest BCUT2D eigenvalue weighted by Gasteiger charge is -2.27. The molecule has 2 saturated carbocycles. The second-order valence-electron chi connectivity index (χ2n) is 7.30. The summed E-state index contributed by atoms with van der Waals surface area (Å²) < 4.78 is 5.17. The van der Waals surface area contributed by atoms with Crippen molar-refractivity contribution in [3.05, 3.63) is 0 Å². The standard InChI is InChI=1S/C15H25NO4/c1-14(2,3)20-13(19)16-9-15(12(17)18)7-10-5-4-6-11(10)8-15/h10-11H,4-9H2,1-3H3,(H,16,19)(H,17,18). The van der Waals surface area contributed by atoms with E-state index in [1.165, 1.54) is 6.42 Å². The predicted octanol–water partition coefficient (Wildman–Crippen LogP) is 2.79. The number of carbonyl (C=O) groups is 2. The molecular weight excluding hydrogens is 258 g/mol. The minimum atomic E-state index is -0.799. The van der Waals surface area contributed by atoms with Gasteiger partial charge in [0.05, 0.1) is 5.41 Å². The number of carboxylic acid groups (broad SMARTS) is 1. The van der Waals surface area contributed by atoms with Crippen molar-refractivity contribution in [1.82, 2.24) is 5.32 Å². The van der Waals surface area contributed by atoms with Gasteiger partial charge in [0.1, 0.15) is 5.60 Å². The highest BCUT2D eigenvalue weighted by atomic mass is 16.6. The Morgan fingerprint density at radius 3 is 2.25 bits per heavy atom. The molecule has 0 aromatic heterocycles. The molecule has 0 aromatic carbocycles. The van der Waals surface area contributed by atoms with Crippen LogP contribution in [0.2, 0.25) is 0 Å². The Labute approximate surface area is 120 Å². The van der Waals surface area contributed by atoms with Crippen LogP contribution in [0.15, 0.2) is 0 Å². The number of carboxylic acids is 1. The molecule has 2 atom stereocenters. The van der Waals surface area contributed by atoms with Crippen LogP contribution < -0.4 is 5.32 Å². The number of rotatable bonds is 3. The van der Waals surface area contributed by atoms with Gasteiger partial charge in [-0.1, -0.05) is 19.3 Å². The summed E-state index contributed by atoms with van der Waals surface area (Å²) in [5.74, 6) is 0.251. The lowest BCUT2D eigenvalue weighted by Crippen LogP contribution is -2.43. The van der Waals surface area contributed by atoms with Crippen molar-refractivity contribution in [2.24, 2.45) is 17.3 Å². The molecule has 2 aliphatic carbocycles. The second-order valence-corrected chi connectivity index (χ2v) is 7.30. The predicted molar refractivity (Wildman–Crippen MR) is 74.4 cm³/mol. The lowest BCUT2D eigenvalue weighted by molar-refractivity contribution is -0.148. The van der Waals surface area contributed by atoms with Crippen LogP contribution in [0.5, 0.6) is 0 Å². The first-order valence-electron chi connectivity index (χ1n) is 7.42. The molecule has 0 aliphatic heterocycles. The molecule has 114 valence electrons. The van der Waals surface area contributed by atoms with E-state index in [9.17, 15) is 14.7 Å². The zero-order valence-electron chi connectivity index (χ0n) is 12.6. The number of nitrogens with one attached hydrogen (secondary N) is 1. The molecule has 1 amide bonds. The van der Waals surface area contributed by atoms with Gasteiger partial charge in [-0.25, -0.2) is 4.79 Å². The molecule has 2 unspecified atom stereocenters. The van der Waals surface area contributed by atoms with E-state index < -0.39 is 23.1 Å². The molecule has 2 fully saturated rings. The first-order valence-corrected chi connectivity index (χ1v) is 7.42.